The summed E-state index contributed by atoms with van der Waals surface area (Å²) in [4.78, 5) is 13.5. The average molecular weight is 201 g/mol. The van der Waals surface area contributed by atoms with Gasteiger partial charge in [-0.3, -0.25) is 9.69 Å². The molecule has 0 saturated carbocycles. The number of carbonyl (C=O) groups excluding carboxylic acids is 1. The van der Waals surface area contributed by atoms with Crippen molar-refractivity contribution in [3.8, 4) is 0 Å². The molecule has 5 nitrogen and oxygen atoms in total. The number of aliphatic hydroxyl groups excluding tert-OH is 1. The fourth-order valence-corrected chi connectivity index (χ4v) is 1.73. The van der Waals surface area contributed by atoms with Crippen LogP contribution in [0.2, 0.25) is 0 Å². The van der Waals surface area contributed by atoms with Crippen LogP contribution in [0.25, 0.3) is 0 Å². The Labute approximate surface area is 84.5 Å². The van der Waals surface area contributed by atoms with E-state index in [2.05, 4.69) is 10.6 Å². The number of hydrogen-bond donors (Lipinski definition) is 3. The lowest BCUT2D eigenvalue weighted by molar-refractivity contribution is -0.127. The molecule has 0 bridgehead atoms. The Hall–Kier alpha value is -0.650. The first-order valence-corrected chi connectivity index (χ1v) is 4.99. The fraction of sp³-hybridized carbons (Fsp3) is 0.889. The van der Waals surface area contributed by atoms with E-state index in [1.807, 2.05) is 4.90 Å². The summed E-state index contributed by atoms with van der Waals surface area (Å²) in [5, 5.41) is 15.1. The molecule has 82 valence electrons. The number of nitrogens with one attached hydrogen (secondary N) is 2. The standard InChI is InChI=1S/C9H19N3O2/c1-7(13)6-12-4-3-11-5-8(12)9(14)10-2/h7-8,11,13H,3-6H2,1-2H3,(H,10,14)/t7-,8?/m1/s1. The number of carbonyl (C=O) groups is 1. The van der Waals surface area contributed by atoms with Gasteiger partial charge in [-0.05, 0) is 6.92 Å². The van der Waals surface area contributed by atoms with E-state index in [0.717, 1.165) is 13.1 Å². The smallest absolute Gasteiger partial charge is 0.238 e. The normalized spacial score (nSPS) is 25.8. The number of nitrogens with zero attached hydrogens (tertiary/aromatic N) is 1. The van der Waals surface area contributed by atoms with Crippen molar-refractivity contribution in [3.63, 3.8) is 0 Å². The van der Waals surface area contributed by atoms with Gasteiger partial charge in [0, 0.05) is 33.2 Å². The van der Waals surface area contributed by atoms with Crippen molar-refractivity contribution in [2.45, 2.75) is 19.1 Å². The largest absolute Gasteiger partial charge is 0.392 e. The predicted molar refractivity (Wildman–Crippen MR) is 54.0 cm³/mol. The van der Waals surface area contributed by atoms with Gasteiger partial charge in [-0.25, -0.2) is 0 Å². The van der Waals surface area contributed by atoms with Gasteiger partial charge in [0.2, 0.25) is 5.91 Å². The molecule has 0 aromatic heterocycles. The zero-order chi connectivity index (χ0) is 10.6. The van der Waals surface area contributed by atoms with E-state index in [1.165, 1.54) is 0 Å². The fourth-order valence-electron chi connectivity index (χ4n) is 1.73. The average Bonchev–Trinajstić information content (AvgIpc) is 2.16. The maximum absolute atomic E-state index is 11.5. The first-order valence-electron chi connectivity index (χ1n) is 4.99. The molecule has 1 amide bonds. The summed E-state index contributed by atoms with van der Waals surface area (Å²) in [5.41, 5.74) is 0. The van der Waals surface area contributed by atoms with Crippen molar-refractivity contribution in [3.05, 3.63) is 0 Å². The maximum Gasteiger partial charge on any atom is 0.238 e. The van der Waals surface area contributed by atoms with Crippen LogP contribution in [0.15, 0.2) is 0 Å². The van der Waals surface area contributed by atoms with Crippen molar-refractivity contribution in [1.82, 2.24) is 15.5 Å². The summed E-state index contributed by atoms with van der Waals surface area (Å²) >= 11 is 0. The Bertz CT molecular complexity index is 196. The van der Waals surface area contributed by atoms with Crippen LogP contribution < -0.4 is 10.6 Å². The van der Waals surface area contributed by atoms with Crippen LogP contribution in [0.1, 0.15) is 6.92 Å². The van der Waals surface area contributed by atoms with E-state index in [0.29, 0.717) is 13.1 Å². The Kier molecular flexibility index (Phi) is 4.31. The number of amides is 1. The third kappa shape index (κ3) is 2.94. The van der Waals surface area contributed by atoms with Crippen molar-refractivity contribution in [1.29, 1.82) is 0 Å². The number of likely N-dealkylation sites (N-methyl/N-ethyl adjacent to an activating group) is 1. The third-order valence-electron chi connectivity index (χ3n) is 2.40. The monoisotopic (exact) mass is 201 g/mol. The second-order valence-corrected chi connectivity index (χ2v) is 3.68. The number of hydrogen-bond acceptors (Lipinski definition) is 4. The van der Waals surface area contributed by atoms with Gasteiger partial charge in [0.25, 0.3) is 0 Å². The first-order chi connectivity index (χ1) is 6.65. The third-order valence-corrected chi connectivity index (χ3v) is 2.40. The summed E-state index contributed by atoms with van der Waals surface area (Å²) in [6.07, 6.45) is -0.389. The molecule has 1 fully saturated rings. The van der Waals surface area contributed by atoms with Gasteiger partial charge in [-0.1, -0.05) is 0 Å². The number of piperazine rings is 1. The lowest BCUT2D eigenvalue weighted by Crippen LogP contribution is -2.58. The molecule has 1 unspecified atom stereocenters. The van der Waals surface area contributed by atoms with E-state index < -0.39 is 0 Å². The molecule has 0 aliphatic carbocycles. The molecule has 1 aliphatic rings. The summed E-state index contributed by atoms with van der Waals surface area (Å²) in [6, 6.07) is -0.150. The molecule has 1 heterocycles. The quantitative estimate of drug-likeness (QED) is 0.514. The van der Waals surface area contributed by atoms with Crippen molar-refractivity contribution >= 4 is 5.91 Å². The lowest BCUT2D eigenvalue weighted by Gasteiger charge is -2.35. The van der Waals surface area contributed by atoms with Gasteiger partial charge in [-0.15, -0.1) is 0 Å². The summed E-state index contributed by atoms with van der Waals surface area (Å²) in [6.45, 7) is 4.64. The molecular weight excluding hydrogens is 182 g/mol. The number of aliphatic hydroxyl groups is 1. The van der Waals surface area contributed by atoms with E-state index in [-0.39, 0.29) is 18.1 Å². The molecule has 0 aromatic carbocycles. The van der Waals surface area contributed by atoms with Gasteiger partial charge in [-0.2, -0.15) is 0 Å². The SMILES string of the molecule is CNC(=O)C1CNCCN1C[C@@H](C)O. The van der Waals surface area contributed by atoms with Crippen LogP contribution in [0.4, 0.5) is 0 Å². The highest BCUT2D eigenvalue weighted by molar-refractivity contribution is 5.81. The lowest BCUT2D eigenvalue weighted by atomic mass is 10.1. The molecule has 0 aromatic rings. The Morgan fingerprint density at radius 3 is 3.07 bits per heavy atom. The van der Waals surface area contributed by atoms with Crippen LogP contribution in [-0.4, -0.2) is 61.3 Å². The van der Waals surface area contributed by atoms with Crippen LogP contribution in [0.5, 0.6) is 0 Å². The second kappa shape index (κ2) is 5.29. The molecule has 1 saturated heterocycles. The first kappa shape index (κ1) is 11.4. The second-order valence-electron chi connectivity index (χ2n) is 3.68. The van der Waals surface area contributed by atoms with Crippen molar-refractivity contribution < 1.29 is 9.90 Å². The zero-order valence-electron chi connectivity index (χ0n) is 8.79. The minimum Gasteiger partial charge on any atom is -0.392 e. The van der Waals surface area contributed by atoms with Gasteiger partial charge in [0.15, 0.2) is 0 Å². The zero-order valence-corrected chi connectivity index (χ0v) is 8.79. The maximum atomic E-state index is 11.5. The molecule has 1 rings (SSSR count). The summed E-state index contributed by atoms with van der Waals surface area (Å²) < 4.78 is 0. The molecule has 5 heteroatoms. The number of rotatable bonds is 3. The molecule has 0 radical (unpaired) electrons. The molecule has 3 N–H and O–H groups in total. The van der Waals surface area contributed by atoms with Crippen LogP contribution >= 0.6 is 0 Å². The van der Waals surface area contributed by atoms with Crippen molar-refractivity contribution in [2.24, 2.45) is 0 Å². The number of β-amino-alcohol motifs (C(OH)–C–C–N with tert-alkyl or cyclic N) is 1. The molecule has 14 heavy (non-hydrogen) atoms. The van der Waals surface area contributed by atoms with E-state index in [1.54, 1.807) is 14.0 Å². The minimum absolute atomic E-state index is 0.0119. The minimum atomic E-state index is -0.389. The highest BCUT2D eigenvalue weighted by atomic mass is 16.3. The van der Waals surface area contributed by atoms with Gasteiger partial charge in [0.05, 0.1) is 6.10 Å². The Morgan fingerprint density at radius 2 is 2.50 bits per heavy atom. The molecule has 0 spiro atoms. The topological polar surface area (TPSA) is 64.6 Å². The Morgan fingerprint density at radius 1 is 1.79 bits per heavy atom. The van der Waals surface area contributed by atoms with E-state index in [9.17, 15) is 9.90 Å². The van der Waals surface area contributed by atoms with E-state index >= 15 is 0 Å². The van der Waals surface area contributed by atoms with Gasteiger partial charge < -0.3 is 15.7 Å². The molecular formula is C9H19N3O2. The van der Waals surface area contributed by atoms with Crippen LogP contribution in [0, 0.1) is 0 Å². The van der Waals surface area contributed by atoms with Crippen molar-refractivity contribution in [2.75, 3.05) is 33.2 Å². The molecule has 2 atom stereocenters. The predicted octanol–water partition coefficient (Wildman–Crippen LogP) is -1.61. The van der Waals surface area contributed by atoms with Gasteiger partial charge >= 0.3 is 0 Å². The Balaban J connectivity index is 2.54. The van der Waals surface area contributed by atoms with Crippen LogP contribution in [-0.2, 0) is 4.79 Å². The van der Waals surface area contributed by atoms with Crippen LogP contribution in [0.3, 0.4) is 0 Å². The summed E-state index contributed by atoms with van der Waals surface area (Å²) in [7, 11) is 1.64. The van der Waals surface area contributed by atoms with Gasteiger partial charge in [0.1, 0.15) is 6.04 Å². The van der Waals surface area contributed by atoms with E-state index in [4.69, 9.17) is 0 Å². The summed E-state index contributed by atoms with van der Waals surface area (Å²) in [5.74, 6) is 0.0119. The molecule has 1 aliphatic heterocycles. The highest BCUT2D eigenvalue weighted by Crippen LogP contribution is 2.04. The highest BCUT2D eigenvalue weighted by Gasteiger charge is 2.28.